The largest absolute Gasteiger partial charge is 0.392 e. The second kappa shape index (κ2) is 5.61. The third-order valence-corrected chi connectivity index (χ3v) is 3.94. The molecule has 0 radical (unpaired) electrons. The van der Waals surface area contributed by atoms with Gasteiger partial charge < -0.3 is 10.0 Å². The minimum Gasteiger partial charge on any atom is -0.392 e. The topological polar surface area (TPSA) is 40.5 Å². The Kier molecular flexibility index (Phi) is 4.75. The van der Waals surface area contributed by atoms with Gasteiger partial charge in [0.2, 0.25) is 5.91 Å². The summed E-state index contributed by atoms with van der Waals surface area (Å²) < 4.78 is 0. The third kappa shape index (κ3) is 3.50. The van der Waals surface area contributed by atoms with Crippen molar-refractivity contribution in [2.45, 2.75) is 38.0 Å². The zero-order valence-corrected chi connectivity index (χ0v) is 9.72. The van der Waals surface area contributed by atoms with Crippen molar-refractivity contribution in [3.63, 3.8) is 0 Å². The summed E-state index contributed by atoms with van der Waals surface area (Å²) in [5.74, 6) is 0.728. The van der Waals surface area contributed by atoms with E-state index in [-0.39, 0.29) is 17.3 Å². The van der Waals surface area contributed by atoms with Crippen LogP contribution in [0.25, 0.3) is 0 Å². The molecule has 2 atom stereocenters. The van der Waals surface area contributed by atoms with Gasteiger partial charge in [-0.25, -0.2) is 0 Å². The second-order valence-electron chi connectivity index (χ2n) is 3.84. The summed E-state index contributed by atoms with van der Waals surface area (Å²) in [5.41, 5.74) is 0. The Morgan fingerprint density at radius 2 is 2.00 bits per heavy atom. The minimum absolute atomic E-state index is 0.140. The zero-order valence-electron chi connectivity index (χ0n) is 8.90. The van der Waals surface area contributed by atoms with E-state index in [4.69, 9.17) is 0 Å². The molecule has 0 aromatic carbocycles. The maximum absolute atomic E-state index is 11.6. The first-order valence-corrected chi connectivity index (χ1v) is 6.23. The highest BCUT2D eigenvalue weighted by atomic mass is 32.2. The Labute approximate surface area is 89.9 Å². The Morgan fingerprint density at radius 1 is 1.43 bits per heavy atom. The fourth-order valence-electron chi connectivity index (χ4n) is 1.40. The molecule has 1 aliphatic heterocycles. The first-order chi connectivity index (χ1) is 6.61. The van der Waals surface area contributed by atoms with Crippen molar-refractivity contribution >= 4 is 17.7 Å². The summed E-state index contributed by atoms with van der Waals surface area (Å²) in [6.45, 7) is 5.55. The van der Waals surface area contributed by atoms with Gasteiger partial charge in [0.25, 0.3) is 0 Å². The molecule has 0 spiro atoms. The number of likely N-dealkylation sites (tertiary alicyclic amines) is 1. The van der Waals surface area contributed by atoms with E-state index in [2.05, 4.69) is 0 Å². The molecule has 0 saturated carbocycles. The quantitative estimate of drug-likeness (QED) is 0.767. The molecule has 1 fully saturated rings. The van der Waals surface area contributed by atoms with Crippen LogP contribution in [0.1, 0.15) is 26.7 Å². The van der Waals surface area contributed by atoms with Crippen molar-refractivity contribution < 1.29 is 9.90 Å². The molecule has 1 amide bonds. The molecule has 4 heteroatoms. The van der Waals surface area contributed by atoms with Crippen molar-refractivity contribution in [1.29, 1.82) is 0 Å². The molecule has 0 aromatic heterocycles. The second-order valence-corrected chi connectivity index (χ2v) is 5.21. The normalized spacial score (nSPS) is 20.9. The van der Waals surface area contributed by atoms with E-state index in [1.165, 1.54) is 11.8 Å². The van der Waals surface area contributed by atoms with Crippen molar-refractivity contribution in [2.24, 2.45) is 0 Å². The number of aliphatic hydroxyl groups is 1. The lowest BCUT2D eigenvalue weighted by atomic mass is 10.3. The Bertz CT molecular complexity index is 191. The van der Waals surface area contributed by atoms with Crippen LogP contribution in [-0.4, -0.2) is 46.1 Å². The molecule has 1 rings (SSSR count). The van der Waals surface area contributed by atoms with Gasteiger partial charge in [-0.2, -0.15) is 0 Å². The van der Waals surface area contributed by atoms with E-state index >= 15 is 0 Å². The molecule has 1 heterocycles. The molecule has 1 saturated heterocycles. The molecule has 0 aromatic rings. The molecule has 0 aliphatic carbocycles. The van der Waals surface area contributed by atoms with E-state index in [1.54, 1.807) is 6.92 Å². The van der Waals surface area contributed by atoms with Crippen LogP contribution in [0.3, 0.4) is 0 Å². The third-order valence-electron chi connectivity index (χ3n) is 2.61. The van der Waals surface area contributed by atoms with Crippen LogP contribution in [-0.2, 0) is 4.79 Å². The predicted molar refractivity (Wildman–Crippen MR) is 59.4 cm³/mol. The maximum atomic E-state index is 11.6. The molecule has 2 unspecified atom stereocenters. The molecule has 0 bridgehead atoms. The maximum Gasteiger partial charge on any atom is 0.232 e. The van der Waals surface area contributed by atoms with E-state index in [0.29, 0.717) is 5.75 Å². The number of carbonyl (C=O) groups is 1. The summed E-state index contributed by atoms with van der Waals surface area (Å²) in [6, 6.07) is 0. The van der Waals surface area contributed by atoms with Gasteiger partial charge in [-0.15, -0.1) is 11.8 Å². The van der Waals surface area contributed by atoms with Crippen LogP contribution in [0.5, 0.6) is 0 Å². The fourth-order valence-corrected chi connectivity index (χ4v) is 2.27. The molecule has 14 heavy (non-hydrogen) atoms. The van der Waals surface area contributed by atoms with Crippen LogP contribution < -0.4 is 0 Å². The van der Waals surface area contributed by atoms with Gasteiger partial charge in [-0.3, -0.25) is 4.79 Å². The predicted octanol–water partition coefficient (Wildman–Crippen LogP) is 1.11. The number of aliphatic hydroxyl groups excluding tert-OH is 1. The highest BCUT2D eigenvalue weighted by molar-refractivity contribution is 8.00. The lowest BCUT2D eigenvalue weighted by Gasteiger charge is -2.18. The molecular formula is C10H19NO2S. The summed E-state index contributed by atoms with van der Waals surface area (Å²) in [4.78, 5) is 13.5. The van der Waals surface area contributed by atoms with Gasteiger partial charge in [0.1, 0.15) is 0 Å². The Balaban J connectivity index is 2.20. The van der Waals surface area contributed by atoms with Crippen molar-refractivity contribution in [3.05, 3.63) is 0 Å². The van der Waals surface area contributed by atoms with Crippen LogP contribution in [0.15, 0.2) is 0 Å². The minimum atomic E-state index is -0.341. The smallest absolute Gasteiger partial charge is 0.232 e. The molecule has 1 N–H and O–H groups in total. The van der Waals surface area contributed by atoms with Crippen LogP contribution in [0, 0.1) is 0 Å². The van der Waals surface area contributed by atoms with Gasteiger partial charge >= 0.3 is 0 Å². The van der Waals surface area contributed by atoms with Crippen LogP contribution in [0.2, 0.25) is 0 Å². The summed E-state index contributed by atoms with van der Waals surface area (Å²) in [5, 5.41) is 9.39. The fraction of sp³-hybridized carbons (Fsp3) is 0.900. The molecule has 82 valence electrons. The van der Waals surface area contributed by atoms with Crippen LogP contribution in [0.4, 0.5) is 0 Å². The van der Waals surface area contributed by atoms with Gasteiger partial charge in [0.05, 0.1) is 11.9 Å². The van der Waals surface area contributed by atoms with Crippen LogP contribution >= 0.6 is 11.8 Å². The first kappa shape index (κ1) is 11.9. The van der Waals surface area contributed by atoms with Gasteiger partial charge in [0.15, 0.2) is 0 Å². The molecule has 3 nitrogen and oxygen atoms in total. The van der Waals surface area contributed by atoms with Crippen molar-refractivity contribution in [1.82, 2.24) is 4.90 Å². The SMILES string of the molecule is CC(O)C(C)SCC(=O)N1CCCC1. The van der Waals surface area contributed by atoms with E-state index in [1.807, 2.05) is 11.8 Å². The number of carbonyl (C=O) groups excluding carboxylic acids is 1. The summed E-state index contributed by atoms with van der Waals surface area (Å²) >= 11 is 1.54. The van der Waals surface area contributed by atoms with E-state index in [0.717, 1.165) is 25.9 Å². The Hall–Kier alpha value is -0.220. The lowest BCUT2D eigenvalue weighted by molar-refractivity contribution is -0.127. The van der Waals surface area contributed by atoms with Gasteiger partial charge in [-0.1, -0.05) is 6.92 Å². The van der Waals surface area contributed by atoms with E-state index in [9.17, 15) is 9.90 Å². The summed E-state index contributed by atoms with van der Waals surface area (Å²) in [7, 11) is 0. The standard InChI is InChI=1S/C10H19NO2S/c1-8(12)9(2)14-7-10(13)11-5-3-4-6-11/h8-9,12H,3-7H2,1-2H3. The number of thioether (sulfide) groups is 1. The zero-order chi connectivity index (χ0) is 10.6. The number of nitrogens with zero attached hydrogens (tertiary/aromatic N) is 1. The van der Waals surface area contributed by atoms with E-state index < -0.39 is 0 Å². The monoisotopic (exact) mass is 217 g/mol. The molecular weight excluding hydrogens is 198 g/mol. The van der Waals surface area contributed by atoms with Gasteiger partial charge in [-0.05, 0) is 19.8 Å². The molecule has 1 aliphatic rings. The summed E-state index contributed by atoms with van der Waals surface area (Å²) in [6.07, 6.45) is 1.94. The van der Waals surface area contributed by atoms with Crippen molar-refractivity contribution in [2.75, 3.05) is 18.8 Å². The highest BCUT2D eigenvalue weighted by Gasteiger charge is 2.19. The number of amides is 1. The Morgan fingerprint density at radius 3 is 2.50 bits per heavy atom. The van der Waals surface area contributed by atoms with Crippen molar-refractivity contribution in [3.8, 4) is 0 Å². The number of hydrogen-bond acceptors (Lipinski definition) is 3. The lowest BCUT2D eigenvalue weighted by Crippen LogP contribution is -2.30. The average Bonchev–Trinajstić information content (AvgIpc) is 2.66. The number of hydrogen-bond donors (Lipinski definition) is 1. The first-order valence-electron chi connectivity index (χ1n) is 5.18. The average molecular weight is 217 g/mol. The number of rotatable bonds is 4. The van der Waals surface area contributed by atoms with Gasteiger partial charge in [0, 0.05) is 18.3 Å². The highest BCUT2D eigenvalue weighted by Crippen LogP contribution is 2.16.